The van der Waals surface area contributed by atoms with Gasteiger partial charge in [-0.1, -0.05) is 0 Å². The SMILES string of the molecule is CN=C/C(=C\N)c1nc(=O)n(CCC2CCCCO2)c2c1oc1ncc(-c3cnn(C)c3)cc12. The summed E-state index contributed by atoms with van der Waals surface area (Å²) < 4.78 is 15.4. The van der Waals surface area contributed by atoms with Gasteiger partial charge in [-0.05, 0) is 31.7 Å². The molecular weight excluding hydrogens is 434 g/mol. The van der Waals surface area contributed by atoms with Gasteiger partial charge in [0, 0.05) is 68.8 Å². The van der Waals surface area contributed by atoms with Crippen LogP contribution in [-0.4, -0.2) is 50.3 Å². The molecule has 0 bridgehead atoms. The third-order valence-electron chi connectivity index (χ3n) is 6.15. The highest BCUT2D eigenvalue weighted by Gasteiger charge is 2.22. The van der Waals surface area contributed by atoms with Crippen molar-refractivity contribution in [1.82, 2.24) is 24.3 Å². The number of aryl methyl sites for hydroxylation is 2. The van der Waals surface area contributed by atoms with E-state index in [-0.39, 0.29) is 11.8 Å². The number of allylic oxidation sites excluding steroid dienone is 1. The molecule has 176 valence electrons. The number of furan rings is 1. The van der Waals surface area contributed by atoms with Crippen molar-refractivity contribution in [2.24, 2.45) is 17.8 Å². The summed E-state index contributed by atoms with van der Waals surface area (Å²) >= 11 is 0. The van der Waals surface area contributed by atoms with Gasteiger partial charge in [-0.25, -0.2) is 9.78 Å². The van der Waals surface area contributed by atoms with Crippen LogP contribution in [0.15, 0.2) is 45.1 Å². The van der Waals surface area contributed by atoms with Crippen molar-refractivity contribution in [2.75, 3.05) is 13.7 Å². The minimum absolute atomic E-state index is 0.129. The van der Waals surface area contributed by atoms with Crippen LogP contribution in [0.2, 0.25) is 0 Å². The average Bonchev–Trinajstić information content (AvgIpc) is 3.46. The standard InChI is InChI=1S/C24H27N7O3/c1-26-11-16(10-25)20-22-21(31(24(32)29-20)7-6-18-5-3-4-8-33-18)19-9-15(12-27-23(19)34-22)17-13-28-30(2)14-17/h9-14,18H,3-8,25H2,1-2H3/b16-10+,26-11?. The van der Waals surface area contributed by atoms with Gasteiger partial charge >= 0.3 is 5.69 Å². The van der Waals surface area contributed by atoms with Gasteiger partial charge in [0.2, 0.25) is 5.71 Å². The summed E-state index contributed by atoms with van der Waals surface area (Å²) in [7, 11) is 3.49. The highest BCUT2D eigenvalue weighted by molar-refractivity contribution is 6.15. The van der Waals surface area contributed by atoms with Crippen molar-refractivity contribution < 1.29 is 9.15 Å². The van der Waals surface area contributed by atoms with E-state index in [1.54, 1.807) is 34.9 Å². The summed E-state index contributed by atoms with van der Waals surface area (Å²) in [6.07, 6.45) is 12.4. The number of hydrogen-bond acceptors (Lipinski definition) is 8. The molecule has 34 heavy (non-hydrogen) atoms. The van der Waals surface area contributed by atoms with Crippen LogP contribution >= 0.6 is 0 Å². The number of aromatic nitrogens is 5. The van der Waals surface area contributed by atoms with Gasteiger partial charge in [-0.2, -0.15) is 10.1 Å². The minimum atomic E-state index is -0.378. The molecule has 1 saturated heterocycles. The zero-order chi connectivity index (χ0) is 23.7. The second-order valence-corrected chi connectivity index (χ2v) is 8.44. The molecule has 0 saturated carbocycles. The molecule has 10 nitrogen and oxygen atoms in total. The van der Waals surface area contributed by atoms with Crippen LogP contribution in [0.5, 0.6) is 0 Å². The van der Waals surface area contributed by atoms with Gasteiger partial charge in [0.05, 0.1) is 17.7 Å². The van der Waals surface area contributed by atoms with E-state index in [0.717, 1.165) is 42.4 Å². The summed E-state index contributed by atoms with van der Waals surface area (Å²) in [4.78, 5) is 26.2. The lowest BCUT2D eigenvalue weighted by Crippen LogP contribution is -2.28. The quantitative estimate of drug-likeness (QED) is 0.438. The van der Waals surface area contributed by atoms with E-state index in [1.165, 1.54) is 6.20 Å². The van der Waals surface area contributed by atoms with Crippen LogP contribution in [0.3, 0.4) is 0 Å². The summed E-state index contributed by atoms with van der Waals surface area (Å²) in [5.74, 6) is 0. The van der Waals surface area contributed by atoms with E-state index in [9.17, 15) is 4.79 Å². The van der Waals surface area contributed by atoms with Crippen molar-refractivity contribution in [3.8, 4) is 11.1 Å². The summed E-state index contributed by atoms with van der Waals surface area (Å²) in [6, 6.07) is 1.97. The maximum Gasteiger partial charge on any atom is 0.348 e. The van der Waals surface area contributed by atoms with Crippen LogP contribution in [-0.2, 0) is 18.3 Å². The molecule has 1 aliphatic heterocycles. The first kappa shape index (κ1) is 22.0. The number of nitrogens with zero attached hydrogens (tertiary/aromatic N) is 6. The van der Waals surface area contributed by atoms with E-state index in [0.29, 0.717) is 41.0 Å². The molecule has 0 spiro atoms. The Morgan fingerprint density at radius 2 is 2.21 bits per heavy atom. The molecule has 1 unspecified atom stereocenters. The molecule has 5 rings (SSSR count). The Kier molecular flexibility index (Phi) is 5.97. The fraction of sp³-hybridized carbons (Fsp3) is 0.375. The Morgan fingerprint density at radius 3 is 2.91 bits per heavy atom. The summed E-state index contributed by atoms with van der Waals surface area (Å²) in [5, 5.41) is 4.98. The molecule has 0 radical (unpaired) electrons. The third kappa shape index (κ3) is 4.01. The maximum absolute atomic E-state index is 13.3. The first-order valence-corrected chi connectivity index (χ1v) is 11.4. The monoisotopic (exact) mass is 461 g/mol. The number of rotatable bonds is 6. The number of nitrogens with two attached hydrogens (primary N) is 1. The number of hydrogen-bond donors (Lipinski definition) is 1. The number of aliphatic imine (C=N–C) groups is 1. The van der Waals surface area contributed by atoms with E-state index in [1.807, 2.05) is 19.3 Å². The molecule has 0 aliphatic carbocycles. The maximum atomic E-state index is 13.3. The predicted molar refractivity (Wildman–Crippen MR) is 131 cm³/mol. The summed E-state index contributed by atoms with van der Waals surface area (Å²) in [5.41, 5.74) is 9.62. The lowest BCUT2D eigenvalue weighted by Gasteiger charge is -2.22. The average molecular weight is 462 g/mol. The van der Waals surface area contributed by atoms with Crippen LogP contribution in [0, 0.1) is 0 Å². The van der Waals surface area contributed by atoms with Gasteiger partial charge in [0.25, 0.3) is 0 Å². The molecule has 0 amide bonds. The zero-order valence-electron chi connectivity index (χ0n) is 19.3. The van der Waals surface area contributed by atoms with E-state index >= 15 is 0 Å². The van der Waals surface area contributed by atoms with Gasteiger partial charge in [-0.15, -0.1) is 0 Å². The van der Waals surface area contributed by atoms with Crippen LogP contribution < -0.4 is 11.4 Å². The Labute approximate surface area is 195 Å². The third-order valence-corrected chi connectivity index (χ3v) is 6.15. The first-order valence-electron chi connectivity index (χ1n) is 11.4. The molecular formula is C24H27N7O3. The Hall–Kier alpha value is -3.79. The molecule has 5 heterocycles. The minimum Gasteiger partial charge on any atom is -0.434 e. The second kappa shape index (κ2) is 9.22. The van der Waals surface area contributed by atoms with Crippen molar-refractivity contribution in [1.29, 1.82) is 0 Å². The second-order valence-electron chi connectivity index (χ2n) is 8.44. The summed E-state index contributed by atoms with van der Waals surface area (Å²) in [6.45, 7) is 1.22. The fourth-order valence-corrected chi connectivity index (χ4v) is 4.46. The van der Waals surface area contributed by atoms with Crippen molar-refractivity contribution in [3.63, 3.8) is 0 Å². The lowest BCUT2D eigenvalue weighted by atomic mass is 10.1. The van der Waals surface area contributed by atoms with Crippen molar-refractivity contribution in [3.05, 3.63) is 47.0 Å². The highest BCUT2D eigenvalue weighted by Crippen LogP contribution is 2.33. The van der Waals surface area contributed by atoms with Gasteiger partial charge < -0.3 is 14.9 Å². The predicted octanol–water partition coefficient (Wildman–Crippen LogP) is 2.90. The topological polar surface area (TPSA) is 126 Å². The van der Waals surface area contributed by atoms with Crippen LogP contribution in [0.25, 0.3) is 38.9 Å². The zero-order valence-corrected chi connectivity index (χ0v) is 19.3. The molecule has 10 heteroatoms. The van der Waals surface area contributed by atoms with E-state index in [2.05, 4.69) is 20.1 Å². The number of pyridine rings is 1. The first-order chi connectivity index (χ1) is 16.6. The fourth-order valence-electron chi connectivity index (χ4n) is 4.46. The number of ether oxygens (including phenoxy) is 1. The largest absolute Gasteiger partial charge is 0.434 e. The highest BCUT2D eigenvalue weighted by atomic mass is 16.5. The van der Waals surface area contributed by atoms with Gasteiger partial charge in [-0.3, -0.25) is 14.2 Å². The smallest absolute Gasteiger partial charge is 0.348 e. The van der Waals surface area contributed by atoms with Gasteiger partial charge in [0.1, 0.15) is 11.2 Å². The Balaban J connectivity index is 1.71. The van der Waals surface area contributed by atoms with Crippen molar-refractivity contribution >= 4 is 34.0 Å². The molecule has 1 aliphatic rings. The van der Waals surface area contributed by atoms with Crippen LogP contribution in [0.1, 0.15) is 31.4 Å². The molecule has 0 aromatic carbocycles. The lowest BCUT2D eigenvalue weighted by molar-refractivity contribution is 0.00881. The molecule has 4 aromatic heterocycles. The number of fused-ring (bicyclic) bond motifs is 3. The van der Waals surface area contributed by atoms with E-state index in [4.69, 9.17) is 14.9 Å². The van der Waals surface area contributed by atoms with Crippen molar-refractivity contribution in [2.45, 2.75) is 38.3 Å². The van der Waals surface area contributed by atoms with Gasteiger partial charge in [0.15, 0.2) is 5.58 Å². The molecule has 4 aromatic rings. The molecule has 1 fully saturated rings. The van der Waals surface area contributed by atoms with E-state index < -0.39 is 0 Å². The Bertz CT molecular complexity index is 1450. The Morgan fingerprint density at radius 1 is 1.32 bits per heavy atom. The normalized spacial score (nSPS) is 17.4. The van der Waals surface area contributed by atoms with Crippen LogP contribution in [0.4, 0.5) is 0 Å². The molecule has 1 atom stereocenters. The molecule has 2 N–H and O–H groups in total.